The lowest BCUT2D eigenvalue weighted by Gasteiger charge is -2.36. The average molecular weight is 246 g/mol. The van der Waals surface area contributed by atoms with Crippen LogP contribution >= 0.6 is 0 Å². The summed E-state index contributed by atoms with van der Waals surface area (Å²) in [6, 6.07) is 9.59. The standard InChI is InChI=1S/C15H22N2O/c1-17-12-6-7-13(17)9-14(8-12)18-15-5-3-2-4-11(15)10-16/h2-5,12-14H,6-10,16H2,1H3. The monoisotopic (exact) mass is 246 g/mol. The summed E-state index contributed by atoms with van der Waals surface area (Å²) in [6.07, 6.45) is 5.35. The maximum absolute atomic E-state index is 6.20. The normalized spacial score (nSPS) is 31.6. The zero-order valence-corrected chi connectivity index (χ0v) is 11.0. The van der Waals surface area contributed by atoms with E-state index in [-0.39, 0.29) is 0 Å². The van der Waals surface area contributed by atoms with Crippen LogP contribution in [-0.4, -0.2) is 30.1 Å². The fraction of sp³-hybridized carbons (Fsp3) is 0.600. The average Bonchev–Trinajstić information content (AvgIpc) is 2.63. The minimum atomic E-state index is 0.367. The quantitative estimate of drug-likeness (QED) is 0.888. The predicted octanol–water partition coefficient (Wildman–Crippen LogP) is 2.15. The molecule has 2 saturated heterocycles. The van der Waals surface area contributed by atoms with Gasteiger partial charge in [-0.25, -0.2) is 0 Å². The summed E-state index contributed by atoms with van der Waals surface area (Å²) in [7, 11) is 2.26. The molecule has 2 atom stereocenters. The molecule has 0 radical (unpaired) electrons. The van der Waals surface area contributed by atoms with Crippen LogP contribution in [0.4, 0.5) is 0 Å². The molecule has 2 unspecified atom stereocenters. The van der Waals surface area contributed by atoms with Crippen LogP contribution in [0.2, 0.25) is 0 Å². The number of piperidine rings is 1. The van der Waals surface area contributed by atoms with Crippen molar-refractivity contribution in [3.63, 3.8) is 0 Å². The van der Waals surface area contributed by atoms with Crippen molar-refractivity contribution in [2.24, 2.45) is 5.73 Å². The number of nitrogens with zero attached hydrogens (tertiary/aromatic N) is 1. The van der Waals surface area contributed by atoms with Gasteiger partial charge in [0.05, 0.1) is 0 Å². The molecule has 0 amide bonds. The smallest absolute Gasteiger partial charge is 0.124 e. The second-order valence-electron chi connectivity index (χ2n) is 5.57. The summed E-state index contributed by atoms with van der Waals surface area (Å²) >= 11 is 0. The second kappa shape index (κ2) is 4.90. The van der Waals surface area contributed by atoms with E-state index >= 15 is 0 Å². The SMILES string of the molecule is CN1C2CCC1CC(Oc1ccccc1CN)C2. The van der Waals surface area contributed by atoms with Crippen LogP contribution in [0.3, 0.4) is 0 Å². The highest BCUT2D eigenvalue weighted by atomic mass is 16.5. The lowest BCUT2D eigenvalue weighted by atomic mass is 10.0. The molecule has 2 bridgehead atoms. The number of para-hydroxylation sites is 1. The van der Waals surface area contributed by atoms with Crippen molar-refractivity contribution >= 4 is 0 Å². The highest BCUT2D eigenvalue weighted by Crippen LogP contribution is 2.36. The Morgan fingerprint density at radius 3 is 2.56 bits per heavy atom. The molecule has 1 aromatic rings. The summed E-state index contributed by atoms with van der Waals surface area (Å²) in [5.74, 6) is 0.981. The van der Waals surface area contributed by atoms with Gasteiger partial charge in [0.15, 0.2) is 0 Å². The van der Waals surface area contributed by atoms with E-state index in [1.165, 1.54) is 12.8 Å². The maximum atomic E-state index is 6.20. The summed E-state index contributed by atoms with van der Waals surface area (Å²) < 4.78 is 6.20. The van der Waals surface area contributed by atoms with Crippen LogP contribution in [0, 0.1) is 0 Å². The van der Waals surface area contributed by atoms with E-state index in [4.69, 9.17) is 10.5 Å². The maximum Gasteiger partial charge on any atom is 0.124 e. The summed E-state index contributed by atoms with van der Waals surface area (Å²) in [4.78, 5) is 2.54. The number of nitrogens with two attached hydrogens (primary N) is 1. The highest BCUT2D eigenvalue weighted by molar-refractivity contribution is 5.33. The van der Waals surface area contributed by atoms with Gasteiger partial charge in [0.1, 0.15) is 11.9 Å². The van der Waals surface area contributed by atoms with Gasteiger partial charge < -0.3 is 15.4 Å². The molecule has 98 valence electrons. The first-order valence-electron chi connectivity index (χ1n) is 6.94. The topological polar surface area (TPSA) is 38.5 Å². The van der Waals surface area contributed by atoms with Gasteiger partial charge in [0, 0.05) is 24.2 Å². The van der Waals surface area contributed by atoms with Gasteiger partial charge in [0.25, 0.3) is 0 Å². The molecule has 2 N–H and O–H groups in total. The molecule has 3 heteroatoms. The van der Waals surface area contributed by atoms with Gasteiger partial charge in [-0.3, -0.25) is 0 Å². The third-order valence-corrected chi connectivity index (χ3v) is 4.54. The van der Waals surface area contributed by atoms with Crippen LogP contribution in [0.25, 0.3) is 0 Å². The first-order chi connectivity index (χ1) is 8.78. The van der Waals surface area contributed by atoms with Crippen molar-refractivity contribution < 1.29 is 4.74 Å². The van der Waals surface area contributed by atoms with Crippen LogP contribution in [-0.2, 0) is 6.54 Å². The van der Waals surface area contributed by atoms with Crippen LogP contribution < -0.4 is 10.5 Å². The molecule has 2 fully saturated rings. The Morgan fingerprint density at radius 1 is 1.22 bits per heavy atom. The van der Waals surface area contributed by atoms with Crippen molar-refractivity contribution in [2.75, 3.05) is 7.05 Å². The molecule has 0 spiro atoms. The molecule has 1 aromatic carbocycles. The van der Waals surface area contributed by atoms with E-state index in [0.717, 1.165) is 36.2 Å². The van der Waals surface area contributed by atoms with E-state index < -0.39 is 0 Å². The van der Waals surface area contributed by atoms with Gasteiger partial charge >= 0.3 is 0 Å². The Balaban J connectivity index is 1.70. The molecule has 3 nitrogen and oxygen atoms in total. The Morgan fingerprint density at radius 2 is 1.89 bits per heavy atom. The van der Waals surface area contributed by atoms with E-state index in [0.29, 0.717) is 12.6 Å². The van der Waals surface area contributed by atoms with Crippen LogP contribution in [0.15, 0.2) is 24.3 Å². The fourth-order valence-corrected chi connectivity index (χ4v) is 3.42. The van der Waals surface area contributed by atoms with Gasteiger partial charge in [-0.2, -0.15) is 0 Å². The first-order valence-corrected chi connectivity index (χ1v) is 6.94. The fourth-order valence-electron chi connectivity index (χ4n) is 3.42. The number of benzene rings is 1. The number of fused-ring (bicyclic) bond motifs is 2. The largest absolute Gasteiger partial charge is 0.490 e. The van der Waals surface area contributed by atoms with Crippen molar-refractivity contribution in [3.05, 3.63) is 29.8 Å². The number of hydrogen-bond acceptors (Lipinski definition) is 3. The Kier molecular flexibility index (Phi) is 3.27. The highest BCUT2D eigenvalue weighted by Gasteiger charge is 2.39. The van der Waals surface area contributed by atoms with Crippen molar-refractivity contribution in [3.8, 4) is 5.75 Å². The predicted molar refractivity (Wildman–Crippen MR) is 72.6 cm³/mol. The van der Waals surface area contributed by atoms with Gasteiger partial charge in [-0.15, -0.1) is 0 Å². The molecule has 2 aliphatic heterocycles. The van der Waals surface area contributed by atoms with E-state index in [1.54, 1.807) is 0 Å². The molecular weight excluding hydrogens is 224 g/mol. The zero-order valence-electron chi connectivity index (χ0n) is 11.0. The van der Waals surface area contributed by atoms with E-state index in [1.807, 2.05) is 18.2 Å². The number of ether oxygens (including phenoxy) is 1. The lowest BCUT2D eigenvalue weighted by molar-refractivity contribution is 0.0655. The summed E-state index contributed by atoms with van der Waals surface area (Å²) in [5.41, 5.74) is 6.87. The van der Waals surface area contributed by atoms with Gasteiger partial charge in [0.2, 0.25) is 0 Å². The van der Waals surface area contributed by atoms with Crippen molar-refractivity contribution in [1.29, 1.82) is 0 Å². The summed E-state index contributed by atoms with van der Waals surface area (Å²) in [6.45, 7) is 0.551. The van der Waals surface area contributed by atoms with Gasteiger partial charge in [-0.05, 0) is 38.8 Å². The zero-order chi connectivity index (χ0) is 12.5. The van der Waals surface area contributed by atoms with E-state index in [9.17, 15) is 0 Å². The molecular formula is C15H22N2O. The second-order valence-corrected chi connectivity index (χ2v) is 5.57. The Bertz CT molecular complexity index is 407. The van der Waals surface area contributed by atoms with Crippen molar-refractivity contribution in [1.82, 2.24) is 4.90 Å². The lowest BCUT2D eigenvalue weighted by Crippen LogP contribution is -2.43. The van der Waals surface area contributed by atoms with Crippen LogP contribution in [0.1, 0.15) is 31.2 Å². The third kappa shape index (κ3) is 2.13. The molecule has 0 saturated carbocycles. The molecule has 3 rings (SSSR count). The Hall–Kier alpha value is -1.06. The molecule has 0 aromatic heterocycles. The number of rotatable bonds is 3. The molecule has 18 heavy (non-hydrogen) atoms. The number of hydrogen-bond donors (Lipinski definition) is 1. The van der Waals surface area contributed by atoms with Gasteiger partial charge in [-0.1, -0.05) is 18.2 Å². The third-order valence-electron chi connectivity index (χ3n) is 4.54. The molecule has 2 heterocycles. The van der Waals surface area contributed by atoms with Crippen LogP contribution in [0.5, 0.6) is 5.75 Å². The summed E-state index contributed by atoms with van der Waals surface area (Å²) in [5, 5.41) is 0. The molecule has 2 aliphatic rings. The first kappa shape index (κ1) is 12.0. The minimum absolute atomic E-state index is 0.367. The van der Waals surface area contributed by atoms with Crippen molar-refractivity contribution in [2.45, 2.75) is 50.4 Å². The Labute approximate surface area is 109 Å². The van der Waals surface area contributed by atoms with E-state index in [2.05, 4.69) is 18.0 Å². The molecule has 0 aliphatic carbocycles. The minimum Gasteiger partial charge on any atom is -0.490 e.